The smallest absolute Gasteiger partial charge is 0.199 e. The summed E-state index contributed by atoms with van der Waals surface area (Å²) < 4.78 is 6.14. The van der Waals surface area contributed by atoms with Gasteiger partial charge < -0.3 is 4.74 Å². The summed E-state index contributed by atoms with van der Waals surface area (Å²) in [5, 5.41) is 2.51. The predicted molar refractivity (Wildman–Crippen MR) is 107 cm³/mol. The number of pyridine rings is 1. The molecule has 4 rings (SSSR count). The van der Waals surface area contributed by atoms with Gasteiger partial charge in [0, 0.05) is 16.3 Å². The third-order valence-electron chi connectivity index (χ3n) is 4.35. The van der Waals surface area contributed by atoms with E-state index in [-0.39, 0.29) is 0 Å². The van der Waals surface area contributed by atoms with E-state index in [2.05, 4.69) is 13.0 Å². The van der Waals surface area contributed by atoms with Gasteiger partial charge >= 0.3 is 0 Å². The summed E-state index contributed by atoms with van der Waals surface area (Å²) in [5.41, 5.74) is 3.92. The summed E-state index contributed by atoms with van der Waals surface area (Å²) in [6.45, 7) is 2.11. The molecule has 0 bridgehead atoms. The number of hydrogen-bond acceptors (Lipinski definition) is 3. The maximum Gasteiger partial charge on any atom is 0.199 e. The average Bonchev–Trinajstić information content (AvgIpc) is 2.66. The molecule has 0 spiro atoms. The number of ether oxygens (including phenoxy) is 1. The SMILES string of the molecule is CCc1ccccc1OC(=S)c1c2ccccc2nc2ccccc12. The minimum absolute atomic E-state index is 0.482. The van der Waals surface area contributed by atoms with Crippen molar-refractivity contribution >= 4 is 39.1 Å². The van der Waals surface area contributed by atoms with Crippen LogP contribution in [0.25, 0.3) is 21.8 Å². The molecule has 0 radical (unpaired) electrons. The first-order valence-corrected chi connectivity index (χ1v) is 8.76. The molecule has 0 aliphatic rings. The van der Waals surface area contributed by atoms with E-state index in [1.165, 1.54) is 0 Å². The molecule has 0 aliphatic heterocycles. The fourth-order valence-corrected chi connectivity index (χ4v) is 3.42. The van der Waals surface area contributed by atoms with Crippen LogP contribution in [0.15, 0.2) is 72.8 Å². The Balaban J connectivity index is 1.90. The third kappa shape index (κ3) is 2.87. The summed E-state index contributed by atoms with van der Waals surface area (Å²) in [7, 11) is 0. The van der Waals surface area contributed by atoms with Crippen LogP contribution in [0.2, 0.25) is 0 Å². The van der Waals surface area contributed by atoms with Crippen LogP contribution in [0.3, 0.4) is 0 Å². The molecule has 0 fully saturated rings. The fourth-order valence-electron chi connectivity index (χ4n) is 3.11. The van der Waals surface area contributed by atoms with Crippen molar-refractivity contribution in [3.8, 4) is 5.75 Å². The highest BCUT2D eigenvalue weighted by Crippen LogP contribution is 2.28. The molecule has 1 heterocycles. The first-order valence-electron chi connectivity index (χ1n) is 8.35. The molecule has 3 heteroatoms. The van der Waals surface area contributed by atoms with E-state index in [1.807, 2.05) is 66.7 Å². The van der Waals surface area contributed by atoms with E-state index in [4.69, 9.17) is 21.9 Å². The van der Waals surface area contributed by atoms with Gasteiger partial charge in [-0.2, -0.15) is 0 Å². The second-order valence-corrected chi connectivity index (χ2v) is 6.24. The summed E-state index contributed by atoms with van der Waals surface area (Å²) in [6.07, 6.45) is 0.899. The zero-order chi connectivity index (χ0) is 17.2. The first-order chi connectivity index (χ1) is 12.3. The quantitative estimate of drug-likeness (QED) is 0.352. The molecule has 2 nitrogen and oxygen atoms in total. The second kappa shape index (κ2) is 6.61. The van der Waals surface area contributed by atoms with Crippen molar-refractivity contribution in [3.63, 3.8) is 0 Å². The number of nitrogens with zero attached hydrogens (tertiary/aromatic N) is 1. The first kappa shape index (κ1) is 15.7. The highest BCUT2D eigenvalue weighted by atomic mass is 32.1. The van der Waals surface area contributed by atoms with Crippen LogP contribution in [0, 0.1) is 0 Å². The Morgan fingerprint density at radius 2 is 1.40 bits per heavy atom. The summed E-state index contributed by atoms with van der Waals surface area (Å²) in [5.74, 6) is 0.819. The summed E-state index contributed by atoms with van der Waals surface area (Å²) in [4.78, 5) is 4.75. The standard InChI is InChI=1S/C22H17NOS/c1-2-15-9-3-8-14-20(15)24-22(25)21-16-10-4-6-12-18(16)23-19-13-7-5-11-17(19)21/h3-14H,2H2,1H3. The molecule has 1 aromatic heterocycles. The third-order valence-corrected chi connectivity index (χ3v) is 4.64. The van der Waals surface area contributed by atoms with E-state index in [9.17, 15) is 0 Å². The molecule has 0 saturated carbocycles. The molecule has 4 aromatic rings. The van der Waals surface area contributed by atoms with Gasteiger partial charge in [0.2, 0.25) is 0 Å². The highest BCUT2D eigenvalue weighted by Gasteiger charge is 2.15. The maximum atomic E-state index is 6.14. The number of thiocarbonyl (C=S) groups is 1. The van der Waals surface area contributed by atoms with Crippen LogP contribution < -0.4 is 4.74 Å². The Bertz CT molecular complexity index is 1030. The van der Waals surface area contributed by atoms with E-state index in [0.29, 0.717) is 5.05 Å². The Hall–Kier alpha value is -2.78. The molecule has 0 unspecified atom stereocenters. The van der Waals surface area contributed by atoms with Crippen LogP contribution in [-0.2, 0) is 6.42 Å². The number of fused-ring (bicyclic) bond motifs is 2. The number of para-hydroxylation sites is 3. The predicted octanol–water partition coefficient (Wildman–Crippen LogP) is 5.70. The Morgan fingerprint density at radius 3 is 2.04 bits per heavy atom. The van der Waals surface area contributed by atoms with Crippen molar-refractivity contribution in [1.29, 1.82) is 0 Å². The number of aryl methyl sites for hydroxylation is 1. The molecular weight excluding hydrogens is 326 g/mol. The van der Waals surface area contributed by atoms with Crippen molar-refractivity contribution in [1.82, 2.24) is 4.98 Å². The summed E-state index contributed by atoms with van der Waals surface area (Å²) >= 11 is 5.71. The fraction of sp³-hybridized carbons (Fsp3) is 0.0909. The van der Waals surface area contributed by atoms with Gasteiger partial charge in [0.1, 0.15) is 5.75 Å². The van der Waals surface area contributed by atoms with E-state index < -0.39 is 0 Å². The second-order valence-electron chi connectivity index (χ2n) is 5.87. The van der Waals surface area contributed by atoms with Gasteiger partial charge in [0.15, 0.2) is 5.05 Å². The topological polar surface area (TPSA) is 22.1 Å². The molecule has 3 aromatic carbocycles. The van der Waals surface area contributed by atoms with Crippen LogP contribution in [0.4, 0.5) is 0 Å². The lowest BCUT2D eigenvalue weighted by molar-refractivity contribution is 0.559. The lowest BCUT2D eigenvalue weighted by Gasteiger charge is -2.14. The molecule has 0 saturated heterocycles. The molecule has 0 amide bonds. The Labute approximate surface area is 152 Å². The molecule has 122 valence electrons. The van der Waals surface area contributed by atoms with Crippen LogP contribution in [0.1, 0.15) is 18.1 Å². The largest absolute Gasteiger partial charge is 0.445 e. The molecule has 25 heavy (non-hydrogen) atoms. The van der Waals surface area contributed by atoms with E-state index in [0.717, 1.165) is 45.1 Å². The van der Waals surface area contributed by atoms with Crippen LogP contribution in [0.5, 0.6) is 5.75 Å². The van der Waals surface area contributed by atoms with Gasteiger partial charge in [0.25, 0.3) is 0 Å². The van der Waals surface area contributed by atoms with Crippen molar-refractivity contribution in [2.45, 2.75) is 13.3 Å². The number of rotatable bonds is 3. The lowest BCUT2D eigenvalue weighted by Crippen LogP contribution is -2.10. The lowest BCUT2D eigenvalue weighted by atomic mass is 10.0. The maximum absolute atomic E-state index is 6.14. The molecule has 0 atom stereocenters. The van der Waals surface area contributed by atoms with Crippen molar-refractivity contribution in [2.75, 3.05) is 0 Å². The van der Waals surface area contributed by atoms with E-state index in [1.54, 1.807) is 0 Å². The van der Waals surface area contributed by atoms with Gasteiger partial charge in [0.05, 0.1) is 11.0 Å². The van der Waals surface area contributed by atoms with Crippen molar-refractivity contribution in [2.24, 2.45) is 0 Å². The minimum Gasteiger partial charge on any atom is -0.445 e. The Kier molecular flexibility index (Phi) is 4.16. The Morgan fingerprint density at radius 1 is 0.840 bits per heavy atom. The van der Waals surface area contributed by atoms with Crippen LogP contribution >= 0.6 is 12.2 Å². The van der Waals surface area contributed by atoms with Crippen molar-refractivity contribution in [3.05, 3.63) is 83.9 Å². The molecule has 0 aliphatic carbocycles. The van der Waals surface area contributed by atoms with Gasteiger partial charge in [-0.05, 0) is 42.4 Å². The number of benzene rings is 3. The van der Waals surface area contributed by atoms with Crippen LogP contribution in [-0.4, -0.2) is 10.0 Å². The van der Waals surface area contributed by atoms with E-state index >= 15 is 0 Å². The minimum atomic E-state index is 0.482. The van der Waals surface area contributed by atoms with Gasteiger partial charge in [-0.3, -0.25) is 0 Å². The normalized spacial score (nSPS) is 10.9. The zero-order valence-electron chi connectivity index (χ0n) is 13.9. The monoisotopic (exact) mass is 343 g/mol. The number of hydrogen-bond donors (Lipinski definition) is 0. The summed E-state index contributed by atoms with van der Waals surface area (Å²) in [6, 6.07) is 24.1. The molecule has 0 N–H and O–H groups in total. The molecular formula is C22H17NOS. The highest BCUT2D eigenvalue weighted by molar-refractivity contribution is 7.80. The number of aromatic nitrogens is 1. The zero-order valence-corrected chi connectivity index (χ0v) is 14.7. The van der Waals surface area contributed by atoms with Gasteiger partial charge in [-0.1, -0.05) is 61.5 Å². The van der Waals surface area contributed by atoms with Crippen molar-refractivity contribution < 1.29 is 4.74 Å². The average molecular weight is 343 g/mol. The van der Waals surface area contributed by atoms with Gasteiger partial charge in [-0.15, -0.1) is 0 Å². The van der Waals surface area contributed by atoms with Gasteiger partial charge in [-0.25, -0.2) is 4.98 Å².